The van der Waals surface area contributed by atoms with Crippen LogP contribution in [0.4, 0.5) is 9.59 Å². The molecule has 3 aliphatic heterocycles. The Balaban J connectivity index is 1.34. The summed E-state index contributed by atoms with van der Waals surface area (Å²) in [6.07, 6.45) is -13.5. The summed E-state index contributed by atoms with van der Waals surface area (Å²) in [6.45, 7) is 12.8. The predicted octanol–water partition coefficient (Wildman–Crippen LogP) is -1.08. The van der Waals surface area contributed by atoms with Crippen molar-refractivity contribution in [1.82, 2.24) is 41.7 Å². The average Bonchev–Trinajstić information content (AvgIpc) is 4.25. The Hall–Kier alpha value is -8.13. The fourth-order valence-corrected chi connectivity index (χ4v) is 9.79. The van der Waals surface area contributed by atoms with Crippen molar-refractivity contribution in [3.63, 3.8) is 0 Å². The molecule has 0 saturated carbocycles. The molecule has 1 unspecified atom stereocenters. The molecule has 27 nitrogen and oxygen atoms in total. The van der Waals surface area contributed by atoms with Crippen molar-refractivity contribution in [1.29, 1.82) is 0 Å². The van der Waals surface area contributed by atoms with Crippen molar-refractivity contribution in [3.8, 4) is 11.5 Å². The van der Waals surface area contributed by atoms with E-state index in [1.54, 1.807) is 6.07 Å². The van der Waals surface area contributed by atoms with Gasteiger partial charge < -0.3 is 96.1 Å². The molecule has 0 spiro atoms. The average molecular weight is 1190 g/mol. The lowest BCUT2D eigenvalue weighted by atomic mass is 9.99. The normalized spacial score (nSPS) is 25.6. The van der Waals surface area contributed by atoms with Crippen molar-refractivity contribution < 1.29 is 87.9 Å². The molecule has 85 heavy (non-hydrogen) atoms. The second kappa shape index (κ2) is 30.6. The van der Waals surface area contributed by atoms with E-state index >= 15 is 0 Å². The van der Waals surface area contributed by atoms with Crippen LogP contribution in [0.5, 0.6) is 11.5 Å². The van der Waals surface area contributed by atoms with Crippen LogP contribution in [0.15, 0.2) is 78.9 Å². The van der Waals surface area contributed by atoms with Crippen LogP contribution < -0.4 is 41.4 Å². The number of carbonyl (C=O) groups is 8. The standard InChI is InChI=1S/C58H77N9O18/c1-32-28-67-48(49(32)73)53(77)61-26-37(69)24-39(62-57(81)85-58(3,4)5)50(74)63-45(33(2)68)54(78)66-29-38(70)25-40(66)51(75)64-46(52(76)65-47(55(67)79)42(72)27-59-6)41(71)22-36-18-19-43(83-30-34-14-9-7-10-15-34)44(23-36)82-21-13-20-60-56(80)84-31-35-16-11-8-12-17-35/h7-12,14-19,23,32-33,37-42,45-49,68-73H,13,20-22,24-31H2,1-5H3,(H,60,80)(H,61,77)(H,62,81)(H,63,74)(H,64,75)(H,65,76)/t32-,33+,37+,38+,39?,40-,41+,42+,45-,46-,47-,48-,49-/m0/s1. The number of carbonyl (C=O) groups excluding carboxylic acids is 8. The topological polar surface area (TPSA) is 378 Å². The molecule has 12 N–H and O–H groups in total. The van der Waals surface area contributed by atoms with Crippen molar-refractivity contribution in [2.24, 2.45) is 5.92 Å². The van der Waals surface area contributed by atoms with Gasteiger partial charge in [0.25, 0.3) is 0 Å². The Morgan fingerprint density at radius 1 is 0.718 bits per heavy atom. The number of alkyl carbamates (subject to hydrolysis) is 2. The summed E-state index contributed by atoms with van der Waals surface area (Å²) in [4.78, 5) is 117. The third-order valence-electron chi connectivity index (χ3n) is 14.2. The minimum atomic E-state index is -2.10. The molecule has 3 saturated heterocycles. The molecule has 3 heterocycles. The molecule has 462 valence electrons. The molecule has 27 heteroatoms. The zero-order valence-electron chi connectivity index (χ0n) is 47.9. The first-order valence-corrected chi connectivity index (χ1v) is 27.9. The highest BCUT2D eigenvalue weighted by molar-refractivity contribution is 5.98. The number of nitrogens with zero attached hydrogens (tertiary/aromatic N) is 3. The predicted molar refractivity (Wildman–Crippen MR) is 300 cm³/mol. The summed E-state index contributed by atoms with van der Waals surface area (Å²) < 4.78 is 22.9. The van der Waals surface area contributed by atoms with E-state index in [-0.39, 0.29) is 56.4 Å². The second-order valence-electron chi connectivity index (χ2n) is 22.3. The van der Waals surface area contributed by atoms with E-state index in [9.17, 15) is 69.0 Å². The van der Waals surface area contributed by atoms with Gasteiger partial charge in [-0.15, -0.1) is 0 Å². The van der Waals surface area contributed by atoms with E-state index in [1.807, 2.05) is 60.7 Å². The van der Waals surface area contributed by atoms with Crippen LogP contribution in [0, 0.1) is 12.5 Å². The fourth-order valence-electron chi connectivity index (χ4n) is 9.79. The molecule has 6 rings (SSSR count). The zero-order chi connectivity index (χ0) is 62.1. The Labute approximate surface area is 491 Å². The van der Waals surface area contributed by atoms with Crippen LogP contribution in [0.25, 0.3) is 4.85 Å². The summed E-state index contributed by atoms with van der Waals surface area (Å²) in [5, 5.41) is 82.8. The van der Waals surface area contributed by atoms with Crippen LogP contribution in [-0.4, -0.2) is 206 Å². The number of ether oxygens (including phenoxy) is 4. The van der Waals surface area contributed by atoms with Gasteiger partial charge in [0, 0.05) is 51.4 Å². The molecular weight excluding hydrogens is 1110 g/mol. The lowest BCUT2D eigenvalue weighted by Gasteiger charge is -2.33. The van der Waals surface area contributed by atoms with Crippen LogP contribution in [-0.2, 0) is 57.9 Å². The summed E-state index contributed by atoms with van der Waals surface area (Å²) in [6, 6.07) is 11.6. The molecular formula is C58H77N9O18. The molecule has 3 aromatic carbocycles. The SMILES string of the molecule is [C-]#[N+]C[C@@H](O)[C@@H]1NC(=O)[C@H]([C@H](O)Cc2ccc(OCc3ccccc3)c(OCCCNC(=O)OCc3ccccc3)c2)NC(=O)[C@@H]2C[C@@H](O)CN2C(=O)[C@H]([C@@H](C)O)NC(=O)C(NC(=O)OC(C)(C)C)C[C@@H](O)CNC(=O)[C@@H]2[C@@H](O)[C@@H](C)CN2C1=O. The van der Waals surface area contributed by atoms with E-state index in [2.05, 4.69) is 36.7 Å². The van der Waals surface area contributed by atoms with E-state index in [4.69, 9.17) is 25.5 Å². The number of benzene rings is 3. The van der Waals surface area contributed by atoms with Crippen molar-refractivity contribution in [3.05, 3.63) is 107 Å². The van der Waals surface area contributed by atoms with Crippen molar-refractivity contribution >= 4 is 47.6 Å². The molecule has 0 bridgehead atoms. The van der Waals surface area contributed by atoms with E-state index in [0.717, 1.165) is 27.9 Å². The minimum absolute atomic E-state index is 0.0268. The molecule has 0 aromatic heterocycles. The number of β-amino-alcohol motifs (C(OH)–C–C–N with tert-alkyl or cyclic N) is 1. The quantitative estimate of drug-likeness (QED) is 0.0565. The van der Waals surface area contributed by atoms with Gasteiger partial charge in [-0.2, -0.15) is 0 Å². The number of nitrogens with one attached hydrogen (secondary N) is 6. The van der Waals surface area contributed by atoms with Crippen LogP contribution >= 0.6 is 0 Å². The highest BCUT2D eigenvalue weighted by Crippen LogP contribution is 2.31. The number of fused-ring (bicyclic) bond motifs is 2. The van der Waals surface area contributed by atoms with Gasteiger partial charge in [0.1, 0.15) is 55.1 Å². The van der Waals surface area contributed by atoms with Gasteiger partial charge in [-0.3, -0.25) is 28.8 Å². The highest BCUT2D eigenvalue weighted by Gasteiger charge is 2.50. The van der Waals surface area contributed by atoms with Gasteiger partial charge in [0.2, 0.25) is 42.0 Å². The van der Waals surface area contributed by atoms with Gasteiger partial charge in [-0.1, -0.05) is 73.7 Å². The maximum atomic E-state index is 14.8. The highest BCUT2D eigenvalue weighted by atomic mass is 16.6. The number of hydrogen-bond acceptors (Lipinski definition) is 18. The first kappa shape index (κ1) is 66.0. The Bertz CT molecular complexity index is 2840. The number of aliphatic hydroxyl groups is 6. The van der Waals surface area contributed by atoms with Crippen LogP contribution in [0.1, 0.15) is 70.6 Å². The number of aliphatic hydroxyl groups excluding tert-OH is 6. The van der Waals surface area contributed by atoms with Gasteiger partial charge in [0.15, 0.2) is 17.6 Å². The van der Waals surface area contributed by atoms with Gasteiger partial charge >= 0.3 is 12.2 Å². The maximum absolute atomic E-state index is 14.8. The number of rotatable bonds is 17. The smallest absolute Gasteiger partial charge is 0.408 e. The first-order chi connectivity index (χ1) is 40.3. The lowest BCUT2D eigenvalue weighted by Crippen LogP contribution is -2.64. The molecule has 0 aliphatic carbocycles. The molecule has 8 amide bonds. The Kier molecular flexibility index (Phi) is 23.8. The van der Waals surface area contributed by atoms with Crippen molar-refractivity contribution in [2.75, 3.05) is 39.3 Å². The molecule has 3 aromatic rings. The van der Waals surface area contributed by atoms with Gasteiger partial charge in [-0.25, -0.2) is 16.2 Å². The third-order valence-corrected chi connectivity index (χ3v) is 14.2. The summed E-state index contributed by atoms with van der Waals surface area (Å²) in [5.41, 5.74) is 0.808. The molecule has 3 fully saturated rings. The number of amides is 8. The van der Waals surface area contributed by atoms with Crippen molar-refractivity contribution in [2.45, 2.75) is 152 Å². The minimum Gasteiger partial charge on any atom is -0.490 e. The summed E-state index contributed by atoms with van der Waals surface area (Å²) >= 11 is 0. The molecule has 3 aliphatic rings. The lowest BCUT2D eigenvalue weighted by molar-refractivity contribution is -0.147. The van der Waals surface area contributed by atoms with Crippen LogP contribution in [0.3, 0.4) is 0 Å². The number of hydrogen-bond donors (Lipinski definition) is 12. The zero-order valence-corrected chi connectivity index (χ0v) is 47.9. The summed E-state index contributed by atoms with van der Waals surface area (Å²) in [5.74, 6) is -7.38. The van der Waals surface area contributed by atoms with E-state index < -0.39 is 171 Å². The fraction of sp³-hybridized carbons (Fsp3) is 0.534. The Morgan fingerprint density at radius 2 is 1.35 bits per heavy atom. The maximum Gasteiger partial charge on any atom is 0.408 e. The molecule has 13 atom stereocenters. The molecule has 0 radical (unpaired) electrons. The third kappa shape index (κ3) is 18.9. The van der Waals surface area contributed by atoms with Gasteiger partial charge in [-0.05, 0) is 62.9 Å². The first-order valence-electron chi connectivity index (χ1n) is 27.9. The van der Waals surface area contributed by atoms with Crippen LogP contribution in [0.2, 0.25) is 0 Å². The monoisotopic (exact) mass is 1190 g/mol. The van der Waals surface area contributed by atoms with Gasteiger partial charge in [0.05, 0.1) is 37.1 Å². The Morgan fingerprint density at radius 3 is 2.00 bits per heavy atom. The second-order valence-corrected chi connectivity index (χ2v) is 22.3. The summed E-state index contributed by atoms with van der Waals surface area (Å²) in [7, 11) is 0. The largest absolute Gasteiger partial charge is 0.490 e. The van der Waals surface area contributed by atoms with E-state index in [1.165, 1.54) is 39.8 Å². The van der Waals surface area contributed by atoms with E-state index in [0.29, 0.717) is 0 Å².